The van der Waals surface area contributed by atoms with Crippen LogP contribution < -0.4 is 10.2 Å². The first kappa shape index (κ1) is 19.1. The van der Waals surface area contributed by atoms with Crippen LogP contribution in [0.1, 0.15) is 13.8 Å². The number of anilines is 1. The van der Waals surface area contributed by atoms with Crippen molar-refractivity contribution in [3.05, 3.63) is 41.7 Å². The molecule has 3 aromatic heterocycles. The van der Waals surface area contributed by atoms with E-state index in [-0.39, 0.29) is 5.75 Å². The van der Waals surface area contributed by atoms with E-state index in [2.05, 4.69) is 39.1 Å². The maximum absolute atomic E-state index is 10.5. The summed E-state index contributed by atoms with van der Waals surface area (Å²) < 4.78 is 1.72. The van der Waals surface area contributed by atoms with E-state index in [1.54, 1.807) is 16.9 Å². The molecule has 1 aromatic carbocycles. The van der Waals surface area contributed by atoms with E-state index in [4.69, 9.17) is 11.6 Å². The highest BCUT2D eigenvalue weighted by molar-refractivity contribution is 6.37. The molecule has 5 rings (SSSR count). The average molecular weight is 423 g/mol. The Morgan fingerprint density at radius 1 is 1.17 bits per heavy atom. The highest BCUT2D eigenvalue weighted by atomic mass is 35.5. The Hall–Kier alpha value is -2.90. The molecule has 7 nitrogen and oxygen atoms in total. The third kappa shape index (κ3) is 3.24. The lowest BCUT2D eigenvalue weighted by atomic mass is 10.1. The number of nitrogens with one attached hydrogen (secondary N) is 1. The van der Waals surface area contributed by atoms with Crippen molar-refractivity contribution in [1.82, 2.24) is 25.1 Å². The predicted octanol–water partition coefficient (Wildman–Crippen LogP) is 3.73. The summed E-state index contributed by atoms with van der Waals surface area (Å²) in [5.74, 6) is 0.138. The lowest BCUT2D eigenvalue weighted by molar-refractivity contribution is 0.407. The van der Waals surface area contributed by atoms with E-state index >= 15 is 0 Å². The molecule has 1 aliphatic rings. The van der Waals surface area contributed by atoms with Gasteiger partial charge in [0.05, 0.1) is 28.1 Å². The van der Waals surface area contributed by atoms with E-state index < -0.39 is 0 Å². The van der Waals surface area contributed by atoms with Gasteiger partial charge in [0.25, 0.3) is 0 Å². The third-order valence-corrected chi connectivity index (χ3v) is 5.95. The Bertz CT molecular complexity index is 1260. The fraction of sp³-hybridized carbons (Fsp3) is 0.318. The molecule has 0 saturated carbocycles. The number of hydrogen-bond donors (Lipinski definition) is 2. The minimum Gasteiger partial charge on any atom is -0.507 e. The van der Waals surface area contributed by atoms with Gasteiger partial charge in [-0.05, 0) is 32.0 Å². The maximum Gasteiger partial charge on any atom is 0.161 e. The van der Waals surface area contributed by atoms with Crippen molar-refractivity contribution in [3.8, 4) is 17.0 Å². The van der Waals surface area contributed by atoms with Crippen molar-refractivity contribution in [1.29, 1.82) is 0 Å². The lowest BCUT2D eigenvalue weighted by Crippen LogP contribution is -2.54. The van der Waals surface area contributed by atoms with Gasteiger partial charge in [-0.15, -0.1) is 0 Å². The normalized spacial score (nSPS) is 19.7. The Kier molecular flexibility index (Phi) is 4.52. The fourth-order valence-electron chi connectivity index (χ4n) is 4.32. The van der Waals surface area contributed by atoms with Crippen molar-refractivity contribution >= 4 is 39.2 Å². The molecule has 0 amide bonds. The molecule has 4 aromatic rings. The number of nitrogens with zero attached hydrogens (tertiary/aromatic N) is 5. The van der Waals surface area contributed by atoms with Gasteiger partial charge < -0.3 is 15.3 Å². The van der Waals surface area contributed by atoms with Crippen LogP contribution in [-0.4, -0.2) is 50.0 Å². The Labute approximate surface area is 179 Å². The predicted molar refractivity (Wildman–Crippen MR) is 120 cm³/mol. The molecule has 0 aliphatic carbocycles. The van der Waals surface area contributed by atoms with E-state index in [0.717, 1.165) is 35.1 Å². The molecular weight excluding hydrogens is 400 g/mol. The quantitative estimate of drug-likeness (QED) is 0.512. The van der Waals surface area contributed by atoms with Crippen LogP contribution in [0, 0.1) is 0 Å². The highest BCUT2D eigenvalue weighted by Gasteiger charge is 2.24. The minimum atomic E-state index is 0.138. The molecule has 1 fully saturated rings. The molecule has 1 saturated heterocycles. The number of hydrogen-bond acceptors (Lipinski definition) is 6. The number of benzene rings is 1. The molecule has 2 atom stereocenters. The van der Waals surface area contributed by atoms with Gasteiger partial charge in [-0.3, -0.25) is 4.68 Å². The number of halogens is 1. The molecule has 2 unspecified atom stereocenters. The zero-order valence-electron chi connectivity index (χ0n) is 17.1. The van der Waals surface area contributed by atoms with Gasteiger partial charge in [0.1, 0.15) is 5.75 Å². The number of fused-ring (bicyclic) bond motifs is 2. The molecule has 0 radical (unpaired) electrons. The SMILES string of the molecule is CC1CN(c2cnc3nc(-c4cc5cn(C)nc5cc4O)ccc3c2Cl)CC(C)N1. The first-order chi connectivity index (χ1) is 14.4. The summed E-state index contributed by atoms with van der Waals surface area (Å²) in [4.78, 5) is 11.6. The number of rotatable bonds is 2. The smallest absolute Gasteiger partial charge is 0.161 e. The molecule has 0 bridgehead atoms. The Morgan fingerprint density at radius 2 is 1.93 bits per heavy atom. The largest absolute Gasteiger partial charge is 0.507 e. The number of aromatic hydroxyl groups is 1. The summed E-state index contributed by atoms with van der Waals surface area (Å²) in [7, 11) is 1.86. The van der Waals surface area contributed by atoms with Gasteiger partial charge in [-0.25, -0.2) is 9.97 Å². The summed E-state index contributed by atoms with van der Waals surface area (Å²) in [5, 5.41) is 20.8. The lowest BCUT2D eigenvalue weighted by Gasteiger charge is -2.37. The van der Waals surface area contributed by atoms with Crippen LogP contribution in [0.25, 0.3) is 33.2 Å². The third-order valence-electron chi connectivity index (χ3n) is 5.56. The van der Waals surface area contributed by atoms with Crippen LogP contribution >= 0.6 is 11.6 Å². The van der Waals surface area contributed by atoms with Crippen molar-refractivity contribution in [3.63, 3.8) is 0 Å². The van der Waals surface area contributed by atoms with Crippen molar-refractivity contribution in [2.45, 2.75) is 25.9 Å². The molecule has 2 N–H and O–H groups in total. The summed E-state index contributed by atoms with van der Waals surface area (Å²) in [5.41, 5.74) is 3.52. The standard InChI is InChI=1S/C22H23ClN6O/c1-12-9-29(10-13(2)25-12)19-8-24-22-15(21(19)23)4-5-17(26-22)16-6-14-11-28(3)27-18(14)7-20(16)30/h4-8,11-13,25,30H,9-10H2,1-3H3. The van der Waals surface area contributed by atoms with Crippen molar-refractivity contribution in [2.75, 3.05) is 18.0 Å². The van der Waals surface area contributed by atoms with Gasteiger partial charge in [0, 0.05) is 60.8 Å². The number of aryl methyl sites for hydroxylation is 1. The Balaban J connectivity index is 1.56. The first-order valence-corrected chi connectivity index (χ1v) is 10.4. The van der Waals surface area contributed by atoms with Gasteiger partial charge >= 0.3 is 0 Å². The fourth-order valence-corrected chi connectivity index (χ4v) is 4.63. The van der Waals surface area contributed by atoms with Crippen molar-refractivity contribution < 1.29 is 5.11 Å². The molecule has 154 valence electrons. The van der Waals surface area contributed by atoms with Gasteiger partial charge in [0.2, 0.25) is 0 Å². The van der Waals surface area contributed by atoms with Crippen LogP contribution in [0.5, 0.6) is 5.75 Å². The second kappa shape index (κ2) is 7.11. The Morgan fingerprint density at radius 3 is 2.70 bits per heavy atom. The van der Waals surface area contributed by atoms with Gasteiger partial charge in [-0.1, -0.05) is 11.6 Å². The number of phenolic OH excluding ortho intramolecular Hbond substituents is 1. The summed E-state index contributed by atoms with van der Waals surface area (Å²) in [6.07, 6.45) is 3.71. The molecule has 4 heterocycles. The average Bonchev–Trinajstić information content (AvgIpc) is 3.05. The van der Waals surface area contributed by atoms with E-state index in [0.29, 0.717) is 34.0 Å². The minimum absolute atomic E-state index is 0.138. The monoisotopic (exact) mass is 422 g/mol. The topological polar surface area (TPSA) is 79.1 Å². The second-order valence-corrected chi connectivity index (χ2v) is 8.51. The zero-order chi connectivity index (χ0) is 21.0. The number of pyridine rings is 2. The van der Waals surface area contributed by atoms with Crippen LogP contribution in [0.4, 0.5) is 5.69 Å². The van der Waals surface area contributed by atoms with E-state index in [1.165, 1.54) is 0 Å². The van der Waals surface area contributed by atoms with Crippen LogP contribution in [-0.2, 0) is 7.05 Å². The summed E-state index contributed by atoms with van der Waals surface area (Å²) >= 11 is 6.78. The highest BCUT2D eigenvalue weighted by Crippen LogP contribution is 2.36. The van der Waals surface area contributed by atoms with E-state index in [1.807, 2.05) is 31.4 Å². The van der Waals surface area contributed by atoms with Crippen LogP contribution in [0.3, 0.4) is 0 Å². The van der Waals surface area contributed by atoms with Crippen molar-refractivity contribution in [2.24, 2.45) is 7.05 Å². The maximum atomic E-state index is 10.5. The molecular formula is C22H23ClN6O. The zero-order valence-corrected chi connectivity index (χ0v) is 17.9. The van der Waals surface area contributed by atoms with Crippen LogP contribution in [0.2, 0.25) is 5.02 Å². The van der Waals surface area contributed by atoms with Gasteiger partial charge in [0.15, 0.2) is 5.65 Å². The molecule has 30 heavy (non-hydrogen) atoms. The number of phenols is 1. The molecule has 1 aliphatic heterocycles. The van der Waals surface area contributed by atoms with E-state index in [9.17, 15) is 5.11 Å². The number of piperazine rings is 1. The summed E-state index contributed by atoms with van der Waals surface area (Å²) in [6.45, 7) is 6.10. The van der Waals surface area contributed by atoms with Gasteiger partial charge in [-0.2, -0.15) is 5.10 Å². The number of aromatic nitrogens is 4. The van der Waals surface area contributed by atoms with Crippen LogP contribution in [0.15, 0.2) is 36.7 Å². The molecule has 0 spiro atoms. The summed E-state index contributed by atoms with van der Waals surface area (Å²) in [6, 6.07) is 8.12. The molecule has 8 heteroatoms. The first-order valence-electron chi connectivity index (χ1n) is 10.0. The second-order valence-electron chi connectivity index (χ2n) is 8.13.